The molecule has 0 saturated heterocycles. The smallest absolute Gasteiger partial charge is 0.116 e. The maximum atomic E-state index is 4.39. The molecule has 78 valence electrons. The Hall–Kier alpha value is -1.51. The topological polar surface area (TPSA) is 38.7 Å². The normalized spacial score (nSPS) is 13.0. The lowest BCUT2D eigenvalue weighted by atomic mass is 9.97. The molecule has 3 nitrogen and oxygen atoms in total. The molecule has 0 saturated carbocycles. The van der Waals surface area contributed by atoms with Crippen LogP contribution >= 0.6 is 0 Å². The van der Waals surface area contributed by atoms with Crippen LogP contribution in [-0.4, -0.2) is 15.0 Å². The third-order valence-corrected chi connectivity index (χ3v) is 2.91. The summed E-state index contributed by atoms with van der Waals surface area (Å²) in [5.41, 5.74) is 3.20. The third kappa shape index (κ3) is 1.69. The zero-order valence-electron chi connectivity index (χ0n) is 9.36. The van der Waals surface area contributed by atoms with E-state index in [1.54, 1.807) is 6.33 Å². The van der Waals surface area contributed by atoms with Crippen LogP contribution in [0.1, 0.15) is 37.4 Å². The quantitative estimate of drug-likeness (QED) is 0.750. The number of hydrogen-bond donors (Lipinski definition) is 0. The Labute approximate surface area is 89.6 Å². The molecule has 0 radical (unpaired) electrons. The highest BCUT2D eigenvalue weighted by atomic mass is 14.8. The zero-order valence-corrected chi connectivity index (χ0v) is 9.36. The van der Waals surface area contributed by atoms with Crippen molar-refractivity contribution in [3.05, 3.63) is 30.0 Å². The summed E-state index contributed by atoms with van der Waals surface area (Å²) in [4.78, 5) is 12.8. The molecule has 2 rings (SSSR count). The minimum absolute atomic E-state index is 0.506. The Balaban J connectivity index is 2.71. The van der Waals surface area contributed by atoms with Gasteiger partial charge in [0.2, 0.25) is 0 Å². The van der Waals surface area contributed by atoms with Gasteiger partial charge in [-0.1, -0.05) is 13.8 Å². The Bertz CT molecular complexity index is 479. The van der Waals surface area contributed by atoms with Gasteiger partial charge in [-0.25, -0.2) is 9.97 Å². The van der Waals surface area contributed by atoms with Crippen molar-refractivity contribution in [2.45, 2.75) is 33.1 Å². The molecule has 3 heteroatoms. The molecule has 1 atom stereocenters. The summed E-state index contributed by atoms with van der Waals surface area (Å²) in [7, 11) is 0. The first-order valence-corrected chi connectivity index (χ1v) is 5.29. The van der Waals surface area contributed by atoms with E-state index in [0.29, 0.717) is 5.92 Å². The number of fused-ring (bicyclic) bond motifs is 1. The molecule has 2 aromatic heterocycles. The van der Waals surface area contributed by atoms with E-state index < -0.39 is 0 Å². The first-order chi connectivity index (χ1) is 7.24. The van der Waals surface area contributed by atoms with Gasteiger partial charge in [0.25, 0.3) is 0 Å². The summed E-state index contributed by atoms with van der Waals surface area (Å²) >= 11 is 0. The van der Waals surface area contributed by atoms with Crippen LogP contribution in [0.15, 0.2) is 18.7 Å². The predicted molar refractivity (Wildman–Crippen MR) is 60.8 cm³/mol. The van der Waals surface area contributed by atoms with Crippen molar-refractivity contribution >= 4 is 10.9 Å². The Morgan fingerprint density at radius 3 is 2.80 bits per heavy atom. The molecule has 0 aromatic carbocycles. The summed E-state index contributed by atoms with van der Waals surface area (Å²) in [5, 5.41) is 1.14. The van der Waals surface area contributed by atoms with E-state index >= 15 is 0 Å². The number of aromatic nitrogens is 3. The van der Waals surface area contributed by atoms with Crippen molar-refractivity contribution in [3.8, 4) is 0 Å². The van der Waals surface area contributed by atoms with Crippen LogP contribution in [0.5, 0.6) is 0 Å². The van der Waals surface area contributed by atoms with E-state index in [0.717, 1.165) is 23.0 Å². The van der Waals surface area contributed by atoms with Crippen molar-refractivity contribution in [1.29, 1.82) is 0 Å². The van der Waals surface area contributed by atoms with Gasteiger partial charge in [-0.2, -0.15) is 0 Å². The summed E-state index contributed by atoms with van der Waals surface area (Å²) in [5.74, 6) is 0.506. The number of aryl methyl sites for hydroxylation is 1. The second kappa shape index (κ2) is 3.93. The van der Waals surface area contributed by atoms with Crippen LogP contribution in [0.2, 0.25) is 0 Å². The maximum absolute atomic E-state index is 4.39. The largest absolute Gasteiger partial charge is 0.259 e. The van der Waals surface area contributed by atoms with Gasteiger partial charge in [-0.3, -0.25) is 4.98 Å². The van der Waals surface area contributed by atoms with Crippen LogP contribution in [0.3, 0.4) is 0 Å². The number of nitrogens with zero attached hydrogens (tertiary/aromatic N) is 3. The average Bonchev–Trinajstić information content (AvgIpc) is 2.29. The highest BCUT2D eigenvalue weighted by Gasteiger charge is 2.10. The molecule has 0 bridgehead atoms. The number of hydrogen-bond acceptors (Lipinski definition) is 3. The molecule has 1 unspecified atom stereocenters. The van der Waals surface area contributed by atoms with E-state index in [9.17, 15) is 0 Å². The molecule has 0 fully saturated rings. The maximum Gasteiger partial charge on any atom is 0.116 e. The Morgan fingerprint density at radius 2 is 2.07 bits per heavy atom. The van der Waals surface area contributed by atoms with Gasteiger partial charge in [-0.05, 0) is 24.8 Å². The standard InChI is InChI=1S/C12H15N3/c1-4-8(2)10-6-14-9(3)12-11(10)5-13-7-15-12/h5-8H,4H2,1-3H3. The summed E-state index contributed by atoms with van der Waals surface area (Å²) in [6, 6.07) is 0. The fraction of sp³-hybridized carbons (Fsp3) is 0.417. The van der Waals surface area contributed by atoms with E-state index in [1.165, 1.54) is 5.56 Å². The fourth-order valence-corrected chi connectivity index (χ4v) is 1.74. The summed E-state index contributed by atoms with van der Waals surface area (Å²) in [6.07, 6.45) is 6.53. The SMILES string of the molecule is CCC(C)c1cnc(C)c2ncncc12. The van der Waals surface area contributed by atoms with Gasteiger partial charge in [0.1, 0.15) is 6.33 Å². The van der Waals surface area contributed by atoms with Crippen molar-refractivity contribution in [1.82, 2.24) is 15.0 Å². The highest BCUT2D eigenvalue weighted by Crippen LogP contribution is 2.26. The molecule has 2 aromatic rings. The van der Waals surface area contributed by atoms with Crippen LogP contribution in [0, 0.1) is 6.92 Å². The Morgan fingerprint density at radius 1 is 1.27 bits per heavy atom. The van der Waals surface area contributed by atoms with E-state index in [1.807, 2.05) is 19.3 Å². The molecular weight excluding hydrogens is 186 g/mol. The van der Waals surface area contributed by atoms with E-state index in [4.69, 9.17) is 0 Å². The molecule has 0 amide bonds. The van der Waals surface area contributed by atoms with Crippen molar-refractivity contribution in [2.24, 2.45) is 0 Å². The molecule has 0 spiro atoms. The molecule has 2 heterocycles. The highest BCUT2D eigenvalue weighted by molar-refractivity contribution is 5.83. The van der Waals surface area contributed by atoms with Crippen molar-refractivity contribution in [3.63, 3.8) is 0 Å². The van der Waals surface area contributed by atoms with E-state index in [-0.39, 0.29) is 0 Å². The molecule has 0 aliphatic carbocycles. The lowest BCUT2D eigenvalue weighted by Gasteiger charge is -2.11. The third-order valence-electron chi connectivity index (χ3n) is 2.91. The van der Waals surface area contributed by atoms with Crippen molar-refractivity contribution < 1.29 is 0 Å². The van der Waals surface area contributed by atoms with Crippen LogP contribution < -0.4 is 0 Å². The minimum Gasteiger partial charge on any atom is -0.259 e. The zero-order chi connectivity index (χ0) is 10.8. The van der Waals surface area contributed by atoms with Gasteiger partial charge in [0.05, 0.1) is 11.2 Å². The Kier molecular flexibility index (Phi) is 2.62. The molecule has 0 aliphatic rings. The van der Waals surface area contributed by atoms with Gasteiger partial charge >= 0.3 is 0 Å². The summed E-state index contributed by atoms with van der Waals surface area (Å²) in [6.45, 7) is 6.37. The first-order valence-electron chi connectivity index (χ1n) is 5.29. The second-order valence-electron chi connectivity index (χ2n) is 3.89. The number of pyridine rings is 1. The average molecular weight is 201 g/mol. The van der Waals surface area contributed by atoms with Gasteiger partial charge < -0.3 is 0 Å². The van der Waals surface area contributed by atoms with E-state index in [2.05, 4.69) is 28.8 Å². The molecular formula is C12H15N3. The number of rotatable bonds is 2. The fourth-order valence-electron chi connectivity index (χ4n) is 1.74. The summed E-state index contributed by atoms with van der Waals surface area (Å²) < 4.78 is 0. The van der Waals surface area contributed by atoms with Crippen LogP contribution in [0.25, 0.3) is 10.9 Å². The van der Waals surface area contributed by atoms with Crippen LogP contribution in [0.4, 0.5) is 0 Å². The lowest BCUT2D eigenvalue weighted by Crippen LogP contribution is -1.98. The minimum atomic E-state index is 0.506. The van der Waals surface area contributed by atoms with Gasteiger partial charge in [0, 0.05) is 17.8 Å². The second-order valence-corrected chi connectivity index (χ2v) is 3.89. The predicted octanol–water partition coefficient (Wildman–Crippen LogP) is 2.85. The first kappa shape index (κ1) is 10.0. The van der Waals surface area contributed by atoms with Gasteiger partial charge in [0.15, 0.2) is 0 Å². The van der Waals surface area contributed by atoms with Crippen molar-refractivity contribution in [2.75, 3.05) is 0 Å². The molecule has 0 N–H and O–H groups in total. The van der Waals surface area contributed by atoms with Crippen LogP contribution in [-0.2, 0) is 0 Å². The monoisotopic (exact) mass is 201 g/mol. The molecule has 0 aliphatic heterocycles. The lowest BCUT2D eigenvalue weighted by molar-refractivity contribution is 0.735. The van der Waals surface area contributed by atoms with Gasteiger partial charge in [-0.15, -0.1) is 0 Å². The molecule has 15 heavy (non-hydrogen) atoms.